The van der Waals surface area contributed by atoms with Crippen molar-refractivity contribution in [3.05, 3.63) is 47.8 Å². The van der Waals surface area contributed by atoms with Gasteiger partial charge >= 0.3 is 6.09 Å². The number of piperidine rings is 1. The predicted octanol–water partition coefficient (Wildman–Crippen LogP) is 3.19. The molecule has 148 valence electrons. The first-order valence-electron chi connectivity index (χ1n) is 9.48. The van der Waals surface area contributed by atoms with Gasteiger partial charge < -0.3 is 24.7 Å². The van der Waals surface area contributed by atoms with Gasteiger partial charge in [0.1, 0.15) is 11.4 Å². The maximum atomic E-state index is 12.4. The van der Waals surface area contributed by atoms with Crippen LogP contribution in [0.2, 0.25) is 0 Å². The van der Waals surface area contributed by atoms with E-state index in [2.05, 4.69) is 4.57 Å². The van der Waals surface area contributed by atoms with E-state index < -0.39 is 17.1 Å². The largest absolute Gasteiger partial charge is 0.479 e. The molecule has 2 aliphatic heterocycles. The van der Waals surface area contributed by atoms with Gasteiger partial charge in [-0.3, -0.25) is 4.79 Å². The van der Waals surface area contributed by atoms with E-state index >= 15 is 0 Å². The number of rotatable bonds is 1. The van der Waals surface area contributed by atoms with Crippen LogP contribution in [-0.4, -0.2) is 40.2 Å². The number of benzene rings is 1. The van der Waals surface area contributed by atoms with Crippen molar-refractivity contribution >= 4 is 12.0 Å². The Hall–Kier alpha value is -2.96. The van der Waals surface area contributed by atoms with Crippen molar-refractivity contribution in [3.8, 4) is 11.4 Å². The summed E-state index contributed by atoms with van der Waals surface area (Å²) in [5.74, 6) is 0.143. The number of carbonyl (C=O) groups excluding carboxylic acids is 2. The molecule has 28 heavy (non-hydrogen) atoms. The third-order valence-corrected chi connectivity index (χ3v) is 5.25. The van der Waals surface area contributed by atoms with E-state index in [-0.39, 0.29) is 6.09 Å². The third-order valence-electron chi connectivity index (χ3n) is 5.25. The van der Waals surface area contributed by atoms with Gasteiger partial charge in [0.25, 0.3) is 0 Å². The van der Waals surface area contributed by atoms with Crippen LogP contribution in [0.4, 0.5) is 4.79 Å². The SMILES string of the molecule is CC(C)(C)OC(=O)N1CCC2(CC1)Oc1cc(C(N)=O)ccc1-n1cccc12. The van der Waals surface area contributed by atoms with Crippen molar-refractivity contribution in [1.29, 1.82) is 0 Å². The normalized spacial score (nSPS) is 17.5. The number of ether oxygens (including phenoxy) is 2. The molecule has 2 aliphatic rings. The highest BCUT2D eigenvalue weighted by molar-refractivity contribution is 5.93. The number of nitrogens with two attached hydrogens (primary N) is 1. The molecule has 0 aliphatic carbocycles. The summed E-state index contributed by atoms with van der Waals surface area (Å²) >= 11 is 0. The van der Waals surface area contributed by atoms with Gasteiger partial charge in [0.2, 0.25) is 5.91 Å². The molecule has 1 fully saturated rings. The van der Waals surface area contributed by atoms with Crippen LogP contribution in [-0.2, 0) is 10.3 Å². The predicted molar refractivity (Wildman–Crippen MR) is 104 cm³/mol. The number of hydrogen-bond donors (Lipinski definition) is 1. The fourth-order valence-electron chi connectivity index (χ4n) is 3.91. The van der Waals surface area contributed by atoms with Crippen LogP contribution in [0, 0.1) is 0 Å². The molecule has 0 saturated carbocycles. The van der Waals surface area contributed by atoms with Crippen LogP contribution in [0.3, 0.4) is 0 Å². The molecular weight excluding hydrogens is 358 g/mol. The van der Waals surface area contributed by atoms with Gasteiger partial charge in [0, 0.05) is 37.7 Å². The van der Waals surface area contributed by atoms with E-state index in [1.165, 1.54) is 0 Å². The van der Waals surface area contributed by atoms with Crippen LogP contribution >= 0.6 is 0 Å². The molecule has 0 bridgehead atoms. The van der Waals surface area contributed by atoms with Crippen molar-refractivity contribution in [2.24, 2.45) is 5.73 Å². The highest BCUT2D eigenvalue weighted by atomic mass is 16.6. The number of primary amides is 1. The summed E-state index contributed by atoms with van der Waals surface area (Å²) in [6.45, 7) is 6.65. The molecule has 1 saturated heterocycles. The van der Waals surface area contributed by atoms with Gasteiger partial charge in [-0.15, -0.1) is 0 Å². The number of carbonyl (C=O) groups is 2. The Labute approximate surface area is 164 Å². The highest BCUT2D eigenvalue weighted by Crippen LogP contribution is 2.45. The maximum Gasteiger partial charge on any atom is 0.410 e. The van der Waals surface area contributed by atoms with Gasteiger partial charge in [-0.1, -0.05) is 0 Å². The Bertz CT molecular complexity index is 933. The van der Waals surface area contributed by atoms with Gasteiger partial charge in [-0.2, -0.15) is 0 Å². The van der Waals surface area contributed by atoms with Crippen molar-refractivity contribution in [1.82, 2.24) is 9.47 Å². The van der Waals surface area contributed by atoms with Gasteiger partial charge in [0.05, 0.1) is 11.4 Å². The molecular formula is C21H25N3O4. The van der Waals surface area contributed by atoms with E-state index in [0.717, 1.165) is 11.4 Å². The number of nitrogens with zero attached hydrogens (tertiary/aromatic N) is 2. The number of fused-ring (bicyclic) bond motifs is 4. The van der Waals surface area contributed by atoms with Crippen LogP contribution < -0.4 is 10.5 Å². The Morgan fingerprint density at radius 2 is 1.89 bits per heavy atom. The van der Waals surface area contributed by atoms with Crippen LogP contribution in [0.25, 0.3) is 5.69 Å². The molecule has 0 radical (unpaired) electrons. The van der Waals surface area contributed by atoms with Gasteiger partial charge in [-0.05, 0) is 51.1 Å². The van der Waals surface area contributed by atoms with E-state index in [1.807, 2.05) is 45.2 Å². The second-order valence-electron chi connectivity index (χ2n) is 8.37. The fraction of sp³-hybridized carbons (Fsp3) is 0.429. The molecule has 2 aromatic rings. The molecule has 0 unspecified atom stereocenters. The first-order chi connectivity index (χ1) is 13.2. The summed E-state index contributed by atoms with van der Waals surface area (Å²) in [5.41, 5.74) is 6.71. The van der Waals surface area contributed by atoms with Gasteiger partial charge in [0.15, 0.2) is 5.60 Å². The minimum atomic E-state index is -0.550. The Morgan fingerprint density at radius 1 is 1.18 bits per heavy atom. The lowest BCUT2D eigenvalue weighted by atomic mass is 9.86. The van der Waals surface area contributed by atoms with Crippen molar-refractivity contribution in [3.63, 3.8) is 0 Å². The van der Waals surface area contributed by atoms with E-state index in [9.17, 15) is 9.59 Å². The average molecular weight is 383 g/mol. The molecule has 4 rings (SSSR count). The van der Waals surface area contributed by atoms with Crippen LogP contribution in [0.1, 0.15) is 49.7 Å². The first kappa shape index (κ1) is 18.4. The highest BCUT2D eigenvalue weighted by Gasteiger charge is 2.45. The molecule has 2 N–H and O–H groups in total. The van der Waals surface area contributed by atoms with Crippen LogP contribution in [0.5, 0.6) is 5.75 Å². The molecule has 1 aromatic heterocycles. The molecule has 7 heteroatoms. The smallest absolute Gasteiger partial charge is 0.410 e. The number of likely N-dealkylation sites (tertiary alicyclic amines) is 1. The Morgan fingerprint density at radius 3 is 2.54 bits per heavy atom. The molecule has 1 spiro atoms. The molecule has 1 aromatic carbocycles. The molecule has 0 atom stereocenters. The molecule has 7 nitrogen and oxygen atoms in total. The zero-order valence-electron chi connectivity index (χ0n) is 16.4. The van der Waals surface area contributed by atoms with E-state index in [1.54, 1.807) is 17.0 Å². The Kier molecular flexibility index (Phi) is 4.14. The summed E-state index contributed by atoms with van der Waals surface area (Å²) < 4.78 is 14.0. The number of aromatic nitrogens is 1. The van der Waals surface area contributed by atoms with Crippen molar-refractivity contribution in [2.75, 3.05) is 13.1 Å². The number of amides is 2. The maximum absolute atomic E-state index is 12.4. The fourth-order valence-corrected chi connectivity index (χ4v) is 3.91. The number of hydrogen-bond acceptors (Lipinski definition) is 4. The summed E-state index contributed by atoms with van der Waals surface area (Å²) in [4.78, 5) is 25.7. The van der Waals surface area contributed by atoms with Crippen LogP contribution in [0.15, 0.2) is 36.5 Å². The standard InChI is InChI=1S/C21H25N3O4/c1-20(2,3)28-19(26)23-11-8-21(9-12-23)17-5-4-10-24(17)15-7-6-14(18(22)25)13-16(15)27-21/h4-7,10,13H,8-9,11-12H2,1-3H3,(H2,22,25). The van der Waals surface area contributed by atoms with Crippen molar-refractivity contribution < 1.29 is 19.1 Å². The lowest BCUT2D eigenvalue weighted by Gasteiger charge is -2.45. The summed E-state index contributed by atoms with van der Waals surface area (Å²) in [6, 6.07) is 9.29. The second kappa shape index (κ2) is 6.29. The minimum Gasteiger partial charge on any atom is -0.479 e. The third kappa shape index (κ3) is 3.10. The molecule has 3 heterocycles. The Balaban J connectivity index is 1.61. The topological polar surface area (TPSA) is 86.8 Å². The van der Waals surface area contributed by atoms with E-state index in [4.69, 9.17) is 15.2 Å². The van der Waals surface area contributed by atoms with E-state index in [0.29, 0.717) is 37.2 Å². The lowest BCUT2D eigenvalue weighted by molar-refractivity contribution is -0.0268. The van der Waals surface area contributed by atoms with Crippen molar-refractivity contribution in [2.45, 2.75) is 44.8 Å². The zero-order chi connectivity index (χ0) is 20.1. The zero-order valence-corrected chi connectivity index (χ0v) is 16.4. The second-order valence-corrected chi connectivity index (χ2v) is 8.37. The monoisotopic (exact) mass is 383 g/mol. The minimum absolute atomic E-state index is 0.301. The lowest BCUT2D eigenvalue weighted by Crippen LogP contribution is -2.50. The molecule has 2 amide bonds. The summed E-state index contributed by atoms with van der Waals surface area (Å²) in [7, 11) is 0. The summed E-state index contributed by atoms with van der Waals surface area (Å²) in [6.07, 6.45) is 2.96. The average Bonchev–Trinajstić information content (AvgIpc) is 3.11. The summed E-state index contributed by atoms with van der Waals surface area (Å²) in [5, 5.41) is 0. The quantitative estimate of drug-likeness (QED) is 0.819. The van der Waals surface area contributed by atoms with Gasteiger partial charge in [-0.25, -0.2) is 4.79 Å². The first-order valence-corrected chi connectivity index (χ1v) is 9.48.